The smallest absolute Gasteiger partial charge is 0.453 e. The highest BCUT2D eigenvalue weighted by atomic mass is 28.4. The Hall–Kier alpha value is -0.801. The van der Waals surface area contributed by atoms with Gasteiger partial charge in [-0.15, -0.1) is 0 Å². The number of carbonyl (C=O) groups is 2. The lowest BCUT2D eigenvalue weighted by Gasteiger charge is -2.51. The van der Waals surface area contributed by atoms with Crippen LogP contribution in [-0.2, 0) is 42.0 Å². The summed E-state index contributed by atoms with van der Waals surface area (Å²) in [5, 5.41) is 2.98. The summed E-state index contributed by atoms with van der Waals surface area (Å²) in [7, 11) is -1.97. The number of ether oxygens (including phenoxy) is 3. The van der Waals surface area contributed by atoms with Crippen molar-refractivity contribution in [2.24, 2.45) is 0 Å². The van der Waals surface area contributed by atoms with Crippen molar-refractivity contribution in [3.05, 3.63) is 0 Å². The van der Waals surface area contributed by atoms with E-state index in [4.69, 9.17) is 32.4 Å². The highest BCUT2D eigenvalue weighted by molar-refractivity contribution is 6.70. The molecule has 6 atom stereocenters. The standard InChI is InChI=1S/C20H40BNO9Si2/c1-13(23)22-16-14(30-32(5,6)7)11-20(26-4,19(24)25-3)28-18(16)17-15(31-33(8,9)10)12-27-21(2)29-17/h14-18H,11-12H2,1-10H3,(H,22,23). The average Bonchev–Trinajstić information content (AvgIpc) is 2.67. The number of methoxy groups -OCH3 is 2. The van der Waals surface area contributed by atoms with Crippen molar-refractivity contribution < 1.29 is 42.0 Å². The summed E-state index contributed by atoms with van der Waals surface area (Å²) in [4.78, 5) is 25.1. The third-order valence-electron chi connectivity index (χ3n) is 5.29. The Morgan fingerprint density at radius 2 is 1.58 bits per heavy atom. The molecule has 0 radical (unpaired) electrons. The Morgan fingerprint density at radius 3 is 2.06 bits per heavy atom. The number of amides is 1. The van der Waals surface area contributed by atoms with Crippen LogP contribution in [0.3, 0.4) is 0 Å². The lowest BCUT2D eigenvalue weighted by Crippen LogP contribution is -2.71. The summed E-state index contributed by atoms with van der Waals surface area (Å²) in [6.07, 6.45) is -2.46. The van der Waals surface area contributed by atoms with Crippen molar-refractivity contribution in [1.29, 1.82) is 0 Å². The molecule has 2 aliphatic heterocycles. The summed E-state index contributed by atoms with van der Waals surface area (Å²) >= 11 is 0. The van der Waals surface area contributed by atoms with Crippen LogP contribution in [-0.4, -0.2) is 92.7 Å². The van der Waals surface area contributed by atoms with Crippen LogP contribution in [0.1, 0.15) is 13.3 Å². The van der Waals surface area contributed by atoms with Gasteiger partial charge < -0.3 is 37.7 Å². The number of esters is 1. The highest BCUT2D eigenvalue weighted by Crippen LogP contribution is 2.38. The van der Waals surface area contributed by atoms with Gasteiger partial charge in [0.1, 0.15) is 6.10 Å². The SMILES string of the molecule is COC(=O)C1(OC)CC(O[Si](C)(C)C)C(NC(C)=O)C(C2OB(C)OCC2O[Si](C)(C)C)O1. The molecule has 2 aliphatic rings. The molecule has 0 spiro atoms. The van der Waals surface area contributed by atoms with Crippen LogP contribution in [0.5, 0.6) is 0 Å². The first-order valence-electron chi connectivity index (χ1n) is 11.3. The molecule has 33 heavy (non-hydrogen) atoms. The van der Waals surface area contributed by atoms with Crippen molar-refractivity contribution in [2.45, 2.75) is 95.7 Å². The number of nitrogens with one attached hydrogen (secondary N) is 1. The van der Waals surface area contributed by atoms with Gasteiger partial charge >= 0.3 is 13.1 Å². The lowest BCUT2D eigenvalue weighted by molar-refractivity contribution is -0.303. The molecule has 10 nitrogen and oxygen atoms in total. The summed E-state index contributed by atoms with van der Waals surface area (Å²) < 4.78 is 41.7. The molecular weight excluding hydrogens is 465 g/mol. The fourth-order valence-electron chi connectivity index (χ4n) is 4.21. The van der Waals surface area contributed by atoms with Crippen LogP contribution in [0.2, 0.25) is 46.1 Å². The molecule has 13 heteroatoms. The average molecular weight is 506 g/mol. The van der Waals surface area contributed by atoms with E-state index in [2.05, 4.69) is 25.0 Å². The van der Waals surface area contributed by atoms with Crippen LogP contribution < -0.4 is 5.32 Å². The zero-order chi connectivity index (χ0) is 25.2. The molecule has 0 aromatic heterocycles. The highest BCUT2D eigenvalue weighted by Gasteiger charge is 2.58. The van der Waals surface area contributed by atoms with Gasteiger partial charge in [-0.3, -0.25) is 4.79 Å². The van der Waals surface area contributed by atoms with Gasteiger partial charge in [-0.1, -0.05) is 0 Å². The van der Waals surface area contributed by atoms with Gasteiger partial charge in [0, 0.05) is 20.5 Å². The van der Waals surface area contributed by atoms with E-state index in [9.17, 15) is 9.59 Å². The van der Waals surface area contributed by atoms with Gasteiger partial charge in [-0.25, -0.2) is 4.79 Å². The minimum absolute atomic E-state index is 0.0558. The largest absolute Gasteiger partial charge is 0.465 e. The maximum Gasteiger partial charge on any atom is 0.453 e. The van der Waals surface area contributed by atoms with Crippen molar-refractivity contribution in [3.63, 3.8) is 0 Å². The van der Waals surface area contributed by atoms with Crippen LogP contribution >= 0.6 is 0 Å². The Labute approximate surface area is 199 Å². The van der Waals surface area contributed by atoms with E-state index in [0.29, 0.717) is 6.61 Å². The third-order valence-corrected chi connectivity index (χ3v) is 7.31. The first-order chi connectivity index (χ1) is 15.1. The maximum absolute atomic E-state index is 12.9. The first-order valence-corrected chi connectivity index (χ1v) is 18.1. The first kappa shape index (κ1) is 28.4. The minimum Gasteiger partial charge on any atom is -0.465 e. The second kappa shape index (κ2) is 10.9. The minimum atomic E-state index is -2.11. The van der Waals surface area contributed by atoms with E-state index < -0.39 is 66.0 Å². The third kappa shape index (κ3) is 7.59. The van der Waals surface area contributed by atoms with Crippen molar-refractivity contribution in [2.75, 3.05) is 20.8 Å². The molecule has 0 aliphatic carbocycles. The van der Waals surface area contributed by atoms with Crippen molar-refractivity contribution in [3.8, 4) is 0 Å². The normalized spacial score (nSPS) is 33.5. The summed E-state index contributed by atoms with van der Waals surface area (Å²) in [6.45, 7) is 15.8. The van der Waals surface area contributed by atoms with E-state index in [0.717, 1.165) is 0 Å². The molecule has 0 aromatic carbocycles. The molecule has 6 unspecified atom stereocenters. The fourth-order valence-corrected chi connectivity index (χ4v) is 6.46. The van der Waals surface area contributed by atoms with Crippen LogP contribution in [0.15, 0.2) is 0 Å². The number of carbonyl (C=O) groups excluding carboxylic acids is 2. The zero-order valence-electron chi connectivity index (χ0n) is 21.6. The Morgan fingerprint density at radius 1 is 1.00 bits per heavy atom. The molecule has 2 rings (SSSR count). The Bertz CT molecular complexity index is 702. The van der Waals surface area contributed by atoms with Gasteiger partial charge in [0.15, 0.2) is 16.6 Å². The zero-order valence-corrected chi connectivity index (χ0v) is 23.6. The van der Waals surface area contributed by atoms with E-state index in [1.54, 1.807) is 6.82 Å². The molecule has 0 saturated carbocycles. The number of hydrogen-bond donors (Lipinski definition) is 1. The topological polar surface area (TPSA) is 111 Å². The van der Waals surface area contributed by atoms with Crippen LogP contribution in [0.4, 0.5) is 0 Å². The van der Waals surface area contributed by atoms with Crippen LogP contribution in [0.25, 0.3) is 0 Å². The lowest BCUT2D eigenvalue weighted by atomic mass is 9.84. The van der Waals surface area contributed by atoms with Gasteiger partial charge in [-0.2, -0.15) is 0 Å². The molecule has 1 N–H and O–H groups in total. The summed E-state index contributed by atoms with van der Waals surface area (Å²) in [5.41, 5.74) is 0. The molecule has 1 amide bonds. The molecule has 190 valence electrons. The Kier molecular flexibility index (Phi) is 9.35. The molecule has 2 saturated heterocycles. The van der Waals surface area contributed by atoms with Crippen molar-refractivity contribution in [1.82, 2.24) is 5.32 Å². The molecule has 2 heterocycles. The summed E-state index contributed by atoms with van der Waals surface area (Å²) in [6, 6.07) is -0.606. The monoisotopic (exact) mass is 505 g/mol. The summed E-state index contributed by atoms with van der Waals surface area (Å²) in [5.74, 6) is -2.64. The Balaban J connectivity index is 2.57. The van der Waals surface area contributed by atoms with Gasteiger partial charge in [0.25, 0.3) is 5.79 Å². The molecule has 0 bridgehead atoms. The van der Waals surface area contributed by atoms with Crippen molar-refractivity contribution >= 4 is 35.6 Å². The predicted molar refractivity (Wildman–Crippen MR) is 128 cm³/mol. The number of hydrogen-bond acceptors (Lipinski definition) is 9. The predicted octanol–water partition coefficient (Wildman–Crippen LogP) is 1.77. The van der Waals surface area contributed by atoms with E-state index in [1.807, 2.05) is 19.6 Å². The molecule has 0 aromatic rings. The maximum atomic E-state index is 12.9. The number of rotatable bonds is 8. The van der Waals surface area contributed by atoms with E-state index in [1.165, 1.54) is 21.1 Å². The quantitative estimate of drug-likeness (QED) is 0.390. The van der Waals surface area contributed by atoms with Gasteiger partial charge in [0.2, 0.25) is 5.91 Å². The molecule has 2 fully saturated rings. The van der Waals surface area contributed by atoms with E-state index >= 15 is 0 Å². The van der Waals surface area contributed by atoms with Gasteiger partial charge in [0.05, 0.1) is 38.1 Å². The van der Waals surface area contributed by atoms with Gasteiger partial charge in [-0.05, 0) is 46.1 Å². The van der Waals surface area contributed by atoms with Crippen LogP contribution in [0, 0.1) is 0 Å². The second-order valence-electron chi connectivity index (χ2n) is 10.5. The fraction of sp³-hybridized carbons (Fsp3) is 0.900. The van der Waals surface area contributed by atoms with E-state index in [-0.39, 0.29) is 12.3 Å². The molecular formula is C20H40BNO9Si2. The second-order valence-corrected chi connectivity index (χ2v) is 19.4.